The molecule has 35 heavy (non-hydrogen) atoms. The summed E-state index contributed by atoms with van der Waals surface area (Å²) in [5.74, 6) is 3.06. The molecule has 3 aromatic rings. The van der Waals surface area contributed by atoms with E-state index in [1.807, 2.05) is 24.3 Å². The number of rotatable bonds is 10. The second kappa shape index (κ2) is 11.5. The number of benzene rings is 3. The van der Waals surface area contributed by atoms with Crippen LogP contribution >= 0.6 is 22.6 Å². The lowest BCUT2D eigenvalue weighted by Gasteiger charge is -2.45. The van der Waals surface area contributed by atoms with Crippen molar-refractivity contribution in [2.24, 2.45) is 0 Å². The van der Waals surface area contributed by atoms with Crippen molar-refractivity contribution in [3.63, 3.8) is 0 Å². The van der Waals surface area contributed by atoms with Crippen molar-refractivity contribution in [3.8, 4) is 23.0 Å². The van der Waals surface area contributed by atoms with Gasteiger partial charge in [0, 0.05) is 13.0 Å². The standard InChI is InChI=1S/C29H34INO4/c1-5-14-31-15-13-23-17-27(34-4)28(35-20-21-9-7-6-8-10-21)18-24(23)29(31,30)19-22-11-12-25(32-2)26(16-22)33-3/h6-12,16-18H,5,13-15,19-20H2,1-4H3. The smallest absolute Gasteiger partial charge is 0.162 e. The molecule has 0 fully saturated rings. The number of methoxy groups -OCH3 is 3. The van der Waals surface area contributed by atoms with Crippen molar-refractivity contribution >= 4 is 22.6 Å². The van der Waals surface area contributed by atoms with Crippen molar-refractivity contribution in [3.05, 3.63) is 82.9 Å². The fourth-order valence-electron chi connectivity index (χ4n) is 4.80. The normalized spacial score (nSPS) is 17.5. The van der Waals surface area contributed by atoms with Gasteiger partial charge in [-0.15, -0.1) is 0 Å². The van der Waals surface area contributed by atoms with Crippen LogP contribution in [0.15, 0.2) is 60.7 Å². The van der Waals surface area contributed by atoms with Gasteiger partial charge in [0.1, 0.15) is 10.2 Å². The van der Waals surface area contributed by atoms with Crippen LogP contribution in [0.5, 0.6) is 23.0 Å². The Morgan fingerprint density at radius 3 is 2.23 bits per heavy atom. The molecule has 0 radical (unpaired) electrons. The first-order chi connectivity index (χ1) is 17.0. The van der Waals surface area contributed by atoms with E-state index in [9.17, 15) is 0 Å². The van der Waals surface area contributed by atoms with Crippen LogP contribution in [0.4, 0.5) is 0 Å². The van der Waals surface area contributed by atoms with Gasteiger partial charge in [-0.1, -0.05) is 65.9 Å². The van der Waals surface area contributed by atoms with Gasteiger partial charge in [0.15, 0.2) is 23.0 Å². The summed E-state index contributed by atoms with van der Waals surface area (Å²) in [6, 6.07) is 20.8. The zero-order chi connectivity index (χ0) is 24.8. The van der Waals surface area contributed by atoms with E-state index in [0.29, 0.717) is 6.61 Å². The minimum atomic E-state index is -0.224. The maximum absolute atomic E-state index is 6.30. The predicted octanol–water partition coefficient (Wildman–Crippen LogP) is 6.39. The Balaban J connectivity index is 1.73. The van der Waals surface area contributed by atoms with Crippen molar-refractivity contribution in [1.29, 1.82) is 0 Å². The molecule has 0 aliphatic carbocycles. The number of fused-ring (bicyclic) bond motifs is 1. The molecular formula is C29H34INO4. The molecule has 6 heteroatoms. The van der Waals surface area contributed by atoms with Gasteiger partial charge in [-0.05, 0) is 65.9 Å². The third-order valence-corrected chi connectivity index (χ3v) is 8.22. The third kappa shape index (κ3) is 5.54. The topological polar surface area (TPSA) is 40.2 Å². The van der Waals surface area contributed by atoms with E-state index < -0.39 is 0 Å². The summed E-state index contributed by atoms with van der Waals surface area (Å²) < 4.78 is 22.9. The maximum Gasteiger partial charge on any atom is 0.162 e. The summed E-state index contributed by atoms with van der Waals surface area (Å²) in [4.78, 5) is 2.60. The molecule has 0 amide bonds. The second-order valence-corrected chi connectivity index (χ2v) is 10.6. The van der Waals surface area contributed by atoms with Gasteiger partial charge in [0.2, 0.25) is 0 Å². The Morgan fingerprint density at radius 1 is 0.829 bits per heavy atom. The molecule has 0 N–H and O–H groups in total. The van der Waals surface area contributed by atoms with Crippen LogP contribution in [0.25, 0.3) is 0 Å². The predicted molar refractivity (Wildman–Crippen MR) is 148 cm³/mol. The summed E-state index contributed by atoms with van der Waals surface area (Å²) in [6.07, 6.45) is 2.92. The summed E-state index contributed by atoms with van der Waals surface area (Å²) in [5.41, 5.74) is 4.94. The number of hydrogen-bond donors (Lipinski definition) is 0. The Labute approximate surface area is 222 Å². The van der Waals surface area contributed by atoms with Gasteiger partial charge in [-0.2, -0.15) is 0 Å². The summed E-state index contributed by atoms with van der Waals surface area (Å²) >= 11 is 2.65. The molecule has 0 spiro atoms. The zero-order valence-corrected chi connectivity index (χ0v) is 23.1. The number of ether oxygens (including phenoxy) is 4. The summed E-state index contributed by atoms with van der Waals surface area (Å²) in [7, 11) is 5.07. The fraction of sp³-hybridized carbons (Fsp3) is 0.379. The van der Waals surface area contributed by atoms with Crippen LogP contribution in [0.2, 0.25) is 0 Å². The molecule has 1 aliphatic heterocycles. The summed E-state index contributed by atoms with van der Waals surface area (Å²) in [6.45, 7) is 4.77. The first-order valence-corrected chi connectivity index (χ1v) is 13.1. The highest BCUT2D eigenvalue weighted by Crippen LogP contribution is 2.48. The van der Waals surface area contributed by atoms with Crippen LogP contribution in [0.3, 0.4) is 0 Å². The Hall–Kier alpha value is -2.45. The van der Waals surface area contributed by atoms with Crippen LogP contribution in [0, 0.1) is 0 Å². The van der Waals surface area contributed by atoms with Gasteiger partial charge < -0.3 is 18.9 Å². The first-order valence-electron chi connectivity index (χ1n) is 12.0. The van der Waals surface area contributed by atoms with Crippen LogP contribution in [0.1, 0.15) is 35.6 Å². The lowest BCUT2D eigenvalue weighted by molar-refractivity contribution is 0.167. The molecule has 186 valence electrons. The minimum absolute atomic E-state index is 0.224. The van der Waals surface area contributed by atoms with E-state index >= 15 is 0 Å². The van der Waals surface area contributed by atoms with Gasteiger partial charge in [-0.25, -0.2) is 0 Å². The van der Waals surface area contributed by atoms with Gasteiger partial charge in [0.05, 0.1) is 21.3 Å². The monoisotopic (exact) mass is 587 g/mol. The van der Waals surface area contributed by atoms with E-state index in [1.165, 1.54) is 16.7 Å². The maximum atomic E-state index is 6.30. The number of hydrogen-bond acceptors (Lipinski definition) is 5. The molecule has 0 saturated heterocycles. The van der Waals surface area contributed by atoms with Crippen molar-refractivity contribution in [2.45, 2.75) is 36.3 Å². The lowest BCUT2D eigenvalue weighted by atomic mass is 9.87. The van der Waals surface area contributed by atoms with Crippen LogP contribution in [-0.2, 0) is 23.0 Å². The highest BCUT2D eigenvalue weighted by molar-refractivity contribution is 14.1. The van der Waals surface area contributed by atoms with Gasteiger partial charge in [0.25, 0.3) is 0 Å². The molecule has 1 aliphatic rings. The number of nitrogens with zero attached hydrogens (tertiary/aromatic N) is 1. The van der Waals surface area contributed by atoms with Crippen LogP contribution < -0.4 is 18.9 Å². The van der Waals surface area contributed by atoms with E-state index in [2.05, 4.69) is 70.8 Å². The molecular weight excluding hydrogens is 553 g/mol. The average molecular weight is 587 g/mol. The Kier molecular flexibility index (Phi) is 8.44. The highest BCUT2D eigenvalue weighted by atomic mass is 127. The quantitative estimate of drug-likeness (QED) is 0.156. The van der Waals surface area contributed by atoms with Gasteiger partial charge >= 0.3 is 0 Å². The number of halogens is 1. The molecule has 1 heterocycles. The molecule has 0 bridgehead atoms. The minimum Gasteiger partial charge on any atom is -0.493 e. The molecule has 0 aromatic heterocycles. The van der Waals surface area contributed by atoms with Crippen molar-refractivity contribution in [1.82, 2.24) is 4.90 Å². The lowest BCUT2D eigenvalue weighted by Crippen LogP contribution is -2.48. The van der Waals surface area contributed by atoms with Crippen molar-refractivity contribution in [2.75, 3.05) is 34.4 Å². The first kappa shape index (κ1) is 25.6. The van der Waals surface area contributed by atoms with E-state index in [-0.39, 0.29) is 3.55 Å². The fourth-order valence-corrected chi connectivity index (χ4v) is 6.23. The summed E-state index contributed by atoms with van der Waals surface area (Å²) in [5, 5.41) is 0. The van der Waals surface area contributed by atoms with E-state index in [4.69, 9.17) is 18.9 Å². The number of alkyl halides is 1. The van der Waals surface area contributed by atoms with Gasteiger partial charge in [-0.3, -0.25) is 4.90 Å². The average Bonchev–Trinajstić information content (AvgIpc) is 2.89. The van der Waals surface area contributed by atoms with E-state index in [0.717, 1.165) is 60.9 Å². The largest absolute Gasteiger partial charge is 0.493 e. The zero-order valence-electron chi connectivity index (χ0n) is 21.0. The molecule has 3 aromatic carbocycles. The van der Waals surface area contributed by atoms with Crippen LogP contribution in [-0.4, -0.2) is 39.3 Å². The molecule has 5 nitrogen and oxygen atoms in total. The van der Waals surface area contributed by atoms with Crippen molar-refractivity contribution < 1.29 is 18.9 Å². The molecule has 4 rings (SSSR count). The SMILES string of the molecule is CCCN1CCc2cc(OC)c(OCc3ccccc3)cc2C1(I)Cc1ccc(OC)c(OC)c1. The molecule has 0 saturated carbocycles. The van der Waals surface area contributed by atoms with E-state index in [1.54, 1.807) is 21.3 Å². The molecule has 1 atom stereocenters. The third-order valence-electron chi connectivity index (χ3n) is 6.57. The second-order valence-electron chi connectivity index (χ2n) is 8.80. The highest BCUT2D eigenvalue weighted by Gasteiger charge is 2.41. The Bertz CT molecular complexity index is 1140. The molecule has 1 unspecified atom stereocenters. The Morgan fingerprint density at radius 2 is 1.54 bits per heavy atom.